The zero-order valence-corrected chi connectivity index (χ0v) is 9.63. The Bertz CT molecular complexity index is 171. The standard InChI is InChI=1S/C12H24N2/c1-10(11-7-13-8-11)9-14(2)12-5-3-4-6-12/h10-13H,3-9H2,1-2H3. The van der Waals surface area contributed by atoms with Crippen LogP contribution in [0.25, 0.3) is 0 Å². The van der Waals surface area contributed by atoms with Crippen LogP contribution in [0.15, 0.2) is 0 Å². The van der Waals surface area contributed by atoms with Crippen LogP contribution in [-0.2, 0) is 0 Å². The lowest BCUT2D eigenvalue weighted by atomic mass is 9.88. The molecule has 1 atom stereocenters. The van der Waals surface area contributed by atoms with Crippen LogP contribution < -0.4 is 5.32 Å². The van der Waals surface area contributed by atoms with Crippen LogP contribution in [0.1, 0.15) is 32.6 Å². The van der Waals surface area contributed by atoms with Gasteiger partial charge < -0.3 is 10.2 Å². The highest BCUT2D eigenvalue weighted by molar-refractivity contribution is 4.83. The molecule has 2 aliphatic rings. The largest absolute Gasteiger partial charge is 0.316 e. The fourth-order valence-electron chi connectivity index (χ4n) is 2.81. The van der Waals surface area contributed by atoms with Gasteiger partial charge in [0, 0.05) is 12.6 Å². The monoisotopic (exact) mass is 196 g/mol. The van der Waals surface area contributed by atoms with Crippen molar-refractivity contribution in [3.63, 3.8) is 0 Å². The smallest absolute Gasteiger partial charge is 0.00923 e. The van der Waals surface area contributed by atoms with E-state index in [9.17, 15) is 0 Å². The summed E-state index contributed by atoms with van der Waals surface area (Å²) in [5.74, 6) is 1.82. The highest BCUT2D eigenvalue weighted by Crippen LogP contribution is 2.24. The van der Waals surface area contributed by atoms with Crippen LogP contribution in [-0.4, -0.2) is 37.6 Å². The first kappa shape index (κ1) is 10.4. The molecule has 0 amide bonds. The fourth-order valence-corrected chi connectivity index (χ4v) is 2.81. The summed E-state index contributed by atoms with van der Waals surface area (Å²) in [6.07, 6.45) is 5.78. The van der Waals surface area contributed by atoms with Crippen LogP contribution in [0, 0.1) is 11.8 Å². The van der Waals surface area contributed by atoms with Crippen molar-refractivity contribution in [1.82, 2.24) is 10.2 Å². The minimum Gasteiger partial charge on any atom is -0.316 e. The number of nitrogens with zero attached hydrogens (tertiary/aromatic N) is 1. The van der Waals surface area contributed by atoms with Crippen molar-refractivity contribution in [2.24, 2.45) is 11.8 Å². The Morgan fingerprint density at radius 2 is 1.93 bits per heavy atom. The first-order chi connectivity index (χ1) is 6.77. The summed E-state index contributed by atoms with van der Waals surface area (Å²) < 4.78 is 0. The molecule has 2 heteroatoms. The molecular formula is C12H24N2. The topological polar surface area (TPSA) is 15.3 Å². The average molecular weight is 196 g/mol. The Morgan fingerprint density at radius 1 is 1.29 bits per heavy atom. The number of rotatable bonds is 4. The summed E-state index contributed by atoms with van der Waals surface area (Å²) in [6.45, 7) is 6.22. The van der Waals surface area contributed by atoms with E-state index < -0.39 is 0 Å². The molecule has 1 saturated heterocycles. The van der Waals surface area contributed by atoms with Gasteiger partial charge >= 0.3 is 0 Å². The van der Waals surface area contributed by atoms with Crippen LogP contribution in [0.3, 0.4) is 0 Å². The Labute approximate surface area is 88.1 Å². The van der Waals surface area contributed by atoms with E-state index in [1.54, 1.807) is 0 Å². The van der Waals surface area contributed by atoms with E-state index in [4.69, 9.17) is 0 Å². The molecule has 1 aliphatic heterocycles. The van der Waals surface area contributed by atoms with Crippen molar-refractivity contribution in [3.8, 4) is 0 Å². The summed E-state index contributed by atoms with van der Waals surface area (Å²) in [6, 6.07) is 0.894. The Hall–Kier alpha value is -0.0800. The molecule has 1 aliphatic carbocycles. The molecule has 2 fully saturated rings. The lowest BCUT2D eigenvalue weighted by molar-refractivity contribution is 0.154. The molecule has 14 heavy (non-hydrogen) atoms. The Kier molecular flexibility index (Phi) is 3.45. The van der Waals surface area contributed by atoms with E-state index in [-0.39, 0.29) is 0 Å². The molecule has 0 bridgehead atoms. The van der Waals surface area contributed by atoms with Crippen molar-refractivity contribution < 1.29 is 0 Å². The predicted molar refractivity (Wildman–Crippen MR) is 60.4 cm³/mol. The Balaban J connectivity index is 1.72. The minimum absolute atomic E-state index is 0.877. The summed E-state index contributed by atoms with van der Waals surface area (Å²) in [5, 5.41) is 3.37. The second kappa shape index (κ2) is 4.63. The molecule has 1 heterocycles. The predicted octanol–water partition coefficient (Wildman–Crippen LogP) is 1.72. The first-order valence-corrected chi connectivity index (χ1v) is 6.18. The molecule has 0 radical (unpaired) electrons. The van der Waals surface area contributed by atoms with Gasteiger partial charge in [0.25, 0.3) is 0 Å². The number of hydrogen-bond acceptors (Lipinski definition) is 2. The van der Waals surface area contributed by atoms with Crippen LogP contribution in [0.2, 0.25) is 0 Å². The van der Waals surface area contributed by atoms with E-state index in [1.807, 2.05) is 0 Å². The van der Waals surface area contributed by atoms with Gasteiger partial charge in [0.2, 0.25) is 0 Å². The van der Waals surface area contributed by atoms with Gasteiger partial charge in [0.05, 0.1) is 0 Å². The molecular weight excluding hydrogens is 172 g/mol. The summed E-state index contributed by atoms with van der Waals surface area (Å²) in [5.41, 5.74) is 0. The van der Waals surface area contributed by atoms with Gasteiger partial charge in [0.15, 0.2) is 0 Å². The van der Waals surface area contributed by atoms with Gasteiger partial charge in [-0.3, -0.25) is 0 Å². The SMILES string of the molecule is CC(CN(C)C1CCCC1)C1CNC1. The van der Waals surface area contributed by atoms with Gasteiger partial charge in [0.1, 0.15) is 0 Å². The highest BCUT2D eigenvalue weighted by atomic mass is 15.1. The zero-order chi connectivity index (χ0) is 9.97. The lowest BCUT2D eigenvalue weighted by Crippen LogP contribution is -2.48. The maximum absolute atomic E-state index is 3.37. The maximum atomic E-state index is 3.37. The summed E-state index contributed by atoms with van der Waals surface area (Å²) in [7, 11) is 2.32. The van der Waals surface area contributed by atoms with E-state index in [0.29, 0.717) is 0 Å². The van der Waals surface area contributed by atoms with Gasteiger partial charge in [-0.1, -0.05) is 19.8 Å². The quantitative estimate of drug-likeness (QED) is 0.736. The molecule has 1 unspecified atom stereocenters. The number of nitrogens with one attached hydrogen (secondary N) is 1. The second-order valence-electron chi connectivity index (χ2n) is 5.27. The third-order valence-electron chi connectivity index (χ3n) is 4.14. The molecule has 82 valence electrons. The molecule has 1 N–H and O–H groups in total. The second-order valence-corrected chi connectivity index (χ2v) is 5.27. The van der Waals surface area contributed by atoms with Crippen LogP contribution in [0.5, 0.6) is 0 Å². The molecule has 0 spiro atoms. The maximum Gasteiger partial charge on any atom is 0.00923 e. The van der Waals surface area contributed by atoms with E-state index in [0.717, 1.165) is 17.9 Å². The Morgan fingerprint density at radius 3 is 2.43 bits per heavy atom. The third-order valence-corrected chi connectivity index (χ3v) is 4.14. The van der Waals surface area contributed by atoms with Crippen molar-refractivity contribution in [2.75, 3.05) is 26.7 Å². The third kappa shape index (κ3) is 2.29. The van der Waals surface area contributed by atoms with Crippen molar-refractivity contribution >= 4 is 0 Å². The van der Waals surface area contributed by atoms with E-state index >= 15 is 0 Å². The summed E-state index contributed by atoms with van der Waals surface area (Å²) in [4.78, 5) is 2.61. The summed E-state index contributed by atoms with van der Waals surface area (Å²) >= 11 is 0. The van der Waals surface area contributed by atoms with Crippen LogP contribution >= 0.6 is 0 Å². The minimum atomic E-state index is 0.877. The van der Waals surface area contributed by atoms with Gasteiger partial charge in [-0.05, 0) is 44.8 Å². The fraction of sp³-hybridized carbons (Fsp3) is 1.00. The van der Waals surface area contributed by atoms with Crippen molar-refractivity contribution in [3.05, 3.63) is 0 Å². The molecule has 2 nitrogen and oxygen atoms in total. The highest BCUT2D eigenvalue weighted by Gasteiger charge is 2.27. The van der Waals surface area contributed by atoms with Gasteiger partial charge in [-0.15, -0.1) is 0 Å². The van der Waals surface area contributed by atoms with E-state index in [2.05, 4.69) is 24.2 Å². The zero-order valence-electron chi connectivity index (χ0n) is 9.63. The molecule has 2 rings (SSSR count). The van der Waals surface area contributed by atoms with Gasteiger partial charge in [-0.2, -0.15) is 0 Å². The number of hydrogen-bond donors (Lipinski definition) is 1. The van der Waals surface area contributed by atoms with Crippen LogP contribution in [0.4, 0.5) is 0 Å². The van der Waals surface area contributed by atoms with E-state index in [1.165, 1.54) is 45.3 Å². The average Bonchev–Trinajstić information content (AvgIpc) is 2.51. The lowest BCUT2D eigenvalue weighted by Gasteiger charge is -2.36. The first-order valence-electron chi connectivity index (χ1n) is 6.18. The normalized spacial score (nSPS) is 26.8. The van der Waals surface area contributed by atoms with Crippen molar-refractivity contribution in [2.45, 2.75) is 38.6 Å². The van der Waals surface area contributed by atoms with Crippen molar-refractivity contribution in [1.29, 1.82) is 0 Å². The van der Waals surface area contributed by atoms with Gasteiger partial charge in [-0.25, -0.2) is 0 Å². The molecule has 0 aromatic carbocycles. The molecule has 0 aromatic heterocycles. The molecule has 1 saturated carbocycles. The molecule has 0 aromatic rings.